The van der Waals surface area contributed by atoms with Gasteiger partial charge >= 0.3 is 0 Å². The Bertz CT molecular complexity index is 475. The lowest BCUT2D eigenvalue weighted by molar-refractivity contribution is 0.459. The molecule has 0 saturated carbocycles. The second-order valence-electron chi connectivity index (χ2n) is 2.64. The molecule has 0 aliphatic rings. The number of hydrogen-bond acceptors (Lipinski definition) is 4. The van der Waals surface area contributed by atoms with E-state index in [0.29, 0.717) is 10.9 Å². The van der Waals surface area contributed by atoms with Crippen LogP contribution in [0.3, 0.4) is 0 Å². The molecule has 0 atom stereocenters. The summed E-state index contributed by atoms with van der Waals surface area (Å²) in [4.78, 5) is 12.8. The van der Waals surface area contributed by atoms with Crippen molar-refractivity contribution in [3.63, 3.8) is 0 Å². The van der Waals surface area contributed by atoms with Crippen molar-refractivity contribution in [2.75, 3.05) is 0 Å². The molecule has 0 aliphatic carbocycles. The standard InChI is InChI=1S/C8H6N2O3/c11-4-1-2-5-6(3-4)9-8(12)7(5)10-13/h1-3,9,11-12H. The first-order chi connectivity index (χ1) is 6.22. The van der Waals surface area contributed by atoms with E-state index in [4.69, 9.17) is 5.11 Å². The predicted molar refractivity (Wildman–Crippen MR) is 47.1 cm³/mol. The fraction of sp³-hybridized carbons (Fsp3) is 0. The van der Waals surface area contributed by atoms with E-state index in [1.165, 1.54) is 18.2 Å². The Labute approximate surface area is 72.6 Å². The lowest BCUT2D eigenvalue weighted by Gasteiger charge is -1.90. The van der Waals surface area contributed by atoms with Crippen molar-refractivity contribution in [3.8, 4) is 11.6 Å². The molecule has 0 saturated heterocycles. The number of nitrogens with zero attached hydrogens (tertiary/aromatic N) is 1. The summed E-state index contributed by atoms with van der Waals surface area (Å²) in [7, 11) is 0. The lowest BCUT2D eigenvalue weighted by Crippen LogP contribution is -1.66. The van der Waals surface area contributed by atoms with Crippen molar-refractivity contribution >= 4 is 16.6 Å². The minimum Gasteiger partial charge on any atom is -0.508 e. The quantitative estimate of drug-likeness (QED) is 0.583. The van der Waals surface area contributed by atoms with Gasteiger partial charge in [0.1, 0.15) is 5.75 Å². The van der Waals surface area contributed by atoms with E-state index in [-0.39, 0.29) is 17.3 Å². The highest BCUT2D eigenvalue weighted by Crippen LogP contribution is 2.35. The fourth-order valence-corrected chi connectivity index (χ4v) is 1.25. The van der Waals surface area contributed by atoms with E-state index in [2.05, 4.69) is 10.2 Å². The van der Waals surface area contributed by atoms with Gasteiger partial charge in [0.25, 0.3) is 0 Å². The minimum absolute atomic E-state index is 0.0324. The van der Waals surface area contributed by atoms with Crippen molar-refractivity contribution in [2.24, 2.45) is 5.18 Å². The molecule has 2 rings (SSSR count). The van der Waals surface area contributed by atoms with Crippen molar-refractivity contribution in [1.82, 2.24) is 4.98 Å². The zero-order valence-corrected chi connectivity index (χ0v) is 6.48. The third-order valence-electron chi connectivity index (χ3n) is 1.83. The van der Waals surface area contributed by atoms with Crippen molar-refractivity contribution in [1.29, 1.82) is 0 Å². The molecule has 1 aromatic heterocycles. The van der Waals surface area contributed by atoms with Gasteiger partial charge in [-0.25, -0.2) is 0 Å². The number of aromatic nitrogens is 1. The van der Waals surface area contributed by atoms with E-state index in [9.17, 15) is 10.0 Å². The maximum atomic E-state index is 10.3. The number of hydrogen-bond donors (Lipinski definition) is 3. The van der Waals surface area contributed by atoms with Crippen LogP contribution >= 0.6 is 0 Å². The number of phenols is 1. The van der Waals surface area contributed by atoms with Crippen LogP contribution in [0.5, 0.6) is 11.6 Å². The highest BCUT2D eigenvalue weighted by Gasteiger charge is 2.10. The second-order valence-corrected chi connectivity index (χ2v) is 2.64. The molecule has 66 valence electrons. The van der Waals surface area contributed by atoms with Gasteiger partial charge in [0.05, 0.1) is 5.52 Å². The monoisotopic (exact) mass is 178 g/mol. The number of H-pyrrole nitrogens is 1. The van der Waals surface area contributed by atoms with Crippen LogP contribution in [0.2, 0.25) is 0 Å². The van der Waals surface area contributed by atoms with Crippen LogP contribution in [0.15, 0.2) is 23.4 Å². The Kier molecular flexibility index (Phi) is 1.45. The van der Waals surface area contributed by atoms with Crippen LogP contribution in [0.4, 0.5) is 5.69 Å². The summed E-state index contributed by atoms with van der Waals surface area (Å²) in [5, 5.41) is 21.5. The lowest BCUT2D eigenvalue weighted by atomic mass is 10.2. The summed E-state index contributed by atoms with van der Waals surface area (Å²) in [6.07, 6.45) is 0. The number of aromatic amines is 1. The van der Waals surface area contributed by atoms with Crippen molar-refractivity contribution in [2.45, 2.75) is 0 Å². The molecule has 5 nitrogen and oxygen atoms in total. The zero-order chi connectivity index (χ0) is 9.42. The molecule has 2 aromatic rings. The molecule has 0 aliphatic heterocycles. The average molecular weight is 178 g/mol. The summed E-state index contributed by atoms with van der Waals surface area (Å²) in [5.74, 6) is -0.221. The topological polar surface area (TPSA) is 85.7 Å². The van der Waals surface area contributed by atoms with Crippen LogP contribution in [-0.2, 0) is 0 Å². The van der Waals surface area contributed by atoms with Gasteiger partial charge in [-0.15, -0.1) is 4.91 Å². The van der Waals surface area contributed by atoms with Crippen LogP contribution in [0, 0.1) is 4.91 Å². The number of phenolic OH excluding ortho intramolecular Hbond substituents is 1. The third-order valence-corrected chi connectivity index (χ3v) is 1.83. The summed E-state index contributed by atoms with van der Waals surface area (Å²) in [6, 6.07) is 4.34. The number of nitroso groups, excluding NO2 is 1. The normalized spacial score (nSPS) is 10.5. The number of fused-ring (bicyclic) bond motifs is 1. The molecule has 1 heterocycles. The Hall–Kier alpha value is -2.04. The van der Waals surface area contributed by atoms with Gasteiger partial charge < -0.3 is 15.2 Å². The summed E-state index contributed by atoms with van der Waals surface area (Å²) < 4.78 is 0. The molecular formula is C8H6N2O3. The van der Waals surface area contributed by atoms with E-state index in [0.717, 1.165) is 0 Å². The molecule has 3 N–H and O–H groups in total. The average Bonchev–Trinajstić information content (AvgIpc) is 2.39. The van der Waals surface area contributed by atoms with E-state index in [1.54, 1.807) is 0 Å². The maximum absolute atomic E-state index is 10.3. The highest BCUT2D eigenvalue weighted by atomic mass is 16.3. The highest BCUT2D eigenvalue weighted by molar-refractivity contribution is 5.94. The van der Waals surface area contributed by atoms with Gasteiger partial charge in [-0.1, -0.05) is 0 Å². The fourth-order valence-electron chi connectivity index (χ4n) is 1.25. The molecule has 0 radical (unpaired) electrons. The van der Waals surface area contributed by atoms with Crippen LogP contribution in [-0.4, -0.2) is 15.2 Å². The first-order valence-electron chi connectivity index (χ1n) is 3.59. The molecule has 0 amide bonds. The molecule has 1 aromatic carbocycles. The van der Waals surface area contributed by atoms with Gasteiger partial charge in [0.15, 0.2) is 5.69 Å². The minimum atomic E-state index is -0.282. The van der Waals surface area contributed by atoms with E-state index < -0.39 is 0 Å². The largest absolute Gasteiger partial charge is 0.508 e. The summed E-state index contributed by atoms with van der Waals surface area (Å²) >= 11 is 0. The van der Waals surface area contributed by atoms with Crippen molar-refractivity contribution in [3.05, 3.63) is 23.1 Å². The molecular weight excluding hydrogens is 172 g/mol. The predicted octanol–water partition coefficient (Wildman–Crippen LogP) is 1.98. The van der Waals surface area contributed by atoms with Crippen LogP contribution < -0.4 is 0 Å². The maximum Gasteiger partial charge on any atom is 0.219 e. The molecule has 5 heteroatoms. The Morgan fingerprint density at radius 1 is 1.31 bits per heavy atom. The van der Waals surface area contributed by atoms with Gasteiger partial charge in [0, 0.05) is 11.5 Å². The third kappa shape index (κ3) is 1.01. The Morgan fingerprint density at radius 2 is 2.08 bits per heavy atom. The Morgan fingerprint density at radius 3 is 2.77 bits per heavy atom. The van der Waals surface area contributed by atoms with Gasteiger partial charge in [0.2, 0.25) is 5.88 Å². The molecule has 0 spiro atoms. The Balaban J connectivity index is 2.86. The van der Waals surface area contributed by atoms with E-state index in [1.807, 2.05) is 0 Å². The second kappa shape index (κ2) is 2.48. The van der Waals surface area contributed by atoms with Crippen molar-refractivity contribution < 1.29 is 10.2 Å². The number of rotatable bonds is 1. The number of nitrogens with one attached hydrogen (secondary N) is 1. The number of aromatic hydroxyl groups is 2. The van der Waals surface area contributed by atoms with E-state index >= 15 is 0 Å². The smallest absolute Gasteiger partial charge is 0.219 e. The van der Waals surface area contributed by atoms with Gasteiger partial charge in [-0.3, -0.25) is 0 Å². The SMILES string of the molecule is O=Nc1c(O)[nH]c2cc(O)ccc12. The number of benzene rings is 1. The van der Waals surface area contributed by atoms with Crippen LogP contribution in [0.1, 0.15) is 0 Å². The van der Waals surface area contributed by atoms with Crippen LogP contribution in [0.25, 0.3) is 10.9 Å². The first-order valence-corrected chi connectivity index (χ1v) is 3.59. The summed E-state index contributed by atoms with van der Waals surface area (Å²) in [5.41, 5.74) is 0.446. The molecule has 13 heavy (non-hydrogen) atoms. The first kappa shape index (κ1) is 7.60. The molecule has 0 bridgehead atoms. The zero-order valence-electron chi connectivity index (χ0n) is 6.48. The van der Waals surface area contributed by atoms with Gasteiger partial charge in [-0.2, -0.15) is 0 Å². The molecule has 0 unspecified atom stereocenters. The molecule has 0 fully saturated rings. The van der Waals surface area contributed by atoms with Gasteiger partial charge in [-0.05, 0) is 17.3 Å². The summed E-state index contributed by atoms with van der Waals surface area (Å²) in [6.45, 7) is 0.